The smallest absolute Gasteiger partial charge is 0.0357 e. The van der Waals surface area contributed by atoms with Crippen molar-refractivity contribution in [3.8, 4) is 0 Å². The Kier molecular flexibility index (Phi) is 8.14. The maximum Gasteiger partial charge on any atom is -0.0357 e. The Morgan fingerprint density at radius 3 is 1.81 bits per heavy atom. The normalized spacial score (nSPS) is 16.1. The molecular weight excluding hydrogens is 192 g/mol. The van der Waals surface area contributed by atoms with Crippen LogP contribution < -0.4 is 0 Å². The van der Waals surface area contributed by atoms with Gasteiger partial charge in [0.1, 0.15) is 0 Å². The van der Waals surface area contributed by atoms with Crippen LogP contribution in [0.15, 0.2) is 0 Å². The van der Waals surface area contributed by atoms with Gasteiger partial charge in [0.2, 0.25) is 0 Å². The molecule has 0 amide bonds. The van der Waals surface area contributed by atoms with Crippen LogP contribution in [0.4, 0.5) is 0 Å². The van der Waals surface area contributed by atoms with E-state index in [0.29, 0.717) is 5.41 Å². The van der Waals surface area contributed by atoms with Crippen molar-refractivity contribution in [2.45, 2.75) is 86.5 Å². The molecule has 0 aromatic heterocycles. The lowest BCUT2D eigenvalue weighted by Crippen LogP contribution is -2.12. The van der Waals surface area contributed by atoms with Crippen molar-refractivity contribution in [3.63, 3.8) is 0 Å². The third kappa shape index (κ3) is 7.30. The summed E-state index contributed by atoms with van der Waals surface area (Å²) in [6.45, 7) is 14.3. The summed E-state index contributed by atoms with van der Waals surface area (Å²) in [7, 11) is 0. The fourth-order valence-corrected chi connectivity index (χ4v) is 2.17. The Bertz CT molecular complexity index is 157. The number of unbranched alkanes of at least 4 members (excludes halogenated alkanes) is 1. The lowest BCUT2D eigenvalue weighted by Gasteiger charge is -2.25. The van der Waals surface area contributed by atoms with Crippen molar-refractivity contribution in [3.05, 3.63) is 0 Å². The van der Waals surface area contributed by atoms with Crippen molar-refractivity contribution >= 4 is 0 Å². The summed E-state index contributed by atoms with van der Waals surface area (Å²) < 4.78 is 0. The molecule has 98 valence electrons. The van der Waals surface area contributed by atoms with Gasteiger partial charge in [-0.1, -0.05) is 80.1 Å². The minimum Gasteiger partial charge on any atom is -0.0654 e. The van der Waals surface area contributed by atoms with Crippen LogP contribution in [-0.4, -0.2) is 0 Å². The van der Waals surface area contributed by atoms with Crippen LogP contribution in [0.3, 0.4) is 0 Å². The molecule has 16 heavy (non-hydrogen) atoms. The van der Waals surface area contributed by atoms with E-state index >= 15 is 0 Å². The van der Waals surface area contributed by atoms with E-state index < -0.39 is 0 Å². The molecule has 0 aromatic rings. The molecule has 2 atom stereocenters. The van der Waals surface area contributed by atoms with Crippen LogP contribution in [0.5, 0.6) is 0 Å². The maximum atomic E-state index is 2.44. The van der Waals surface area contributed by atoms with E-state index in [1.54, 1.807) is 0 Å². The average molecular weight is 226 g/mol. The van der Waals surface area contributed by atoms with E-state index in [1.807, 2.05) is 0 Å². The first-order chi connectivity index (χ1) is 7.43. The third-order valence-corrected chi connectivity index (χ3v) is 4.45. The SMILES string of the molecule is CCCCC(C)C(C)CCCC(C)(C)CC. The lowest BCUT2D eigenvalue weighted by molar-refractivity contribution is 0.272. The first-order valence-electron chi connectivity index (χ1n) is 7.43. The van der Waals surface area contributed by atoms with Crippen LogP contribution in [0.25, 0.3) is 0 Å². The molecule has 0 aromatic carbocycles. The molecule has 0 N–H and O–H groups in total. The standard InChI is InChI=1S/C16H34/c1-7-9-11-14(3)15(4)12-10-13-16(5,6)8-2/h14-15H,7-13H2,1-6H3. The highest BCUT2D eigenvalue weighted by atomic mass is 14.2. The highest BCUT2D eigenvalue weighted by Crippen LogP contribution is 2.30. The summed E-state index contributed by atoms with van der Waals surface area (Å²) in [5.41, 5.74) is 0.562. The second-order valence-corrected chi connectivity index (χ2v) is 6.51. The molecule has 0 rings (SSSR count). The van der Waals surface area contributed by atoms with E-state index in [9.17, 15) is 0 Å². The average Bonchev–Trinajstić information content (AvgIpc) is 2.25. The van der Waals surface area contributed by atoms with Crippen molar-refractivity contribution in [2.24, 2.45) is 17.3 Å². The van der Waals surface area contributed by atoms with Gasteiger partial charge in [0, 0.05) is 0 Å². The van der Waals surface area contributed by atoms with Crippen LogP contribution in [-0.2, 0) is 0 Å². The van der Waals surface area contributed by atoms with E-state index in [1.165, 1.54) is 44.9 Å². The highest BCUT2D eigenvalue weighted by Gasteiger charge is 2.16. The number of hydrogen-bond donors (Lipinski definition) is 0. The second-order valence-electron chi connectivity index (χ2n) is 6.51. The van der Waals surface area contributed by atoms with Crippen LogP contribution in [0.2, 0.25) is 0 Å². The summed E-state index contributed by atoms with van der Waals surface area (Å²) in [6, 6.07) is 0. The zero-order valence-electron chi connectivity index (χ0n) is 12.6. The summed E-state index contributed by atoms with van der Waals surface area (Å²) >= 11 is 0. The van der Waals surface area contributed by atoms with Gasteiger partial charge >= 0.3 is 0 Å². The van der Waals surface area contributed by atoms with Gasteiger partial charge in [-0.25, -0.2) is 0 Å². The van der Waals surface area contributed by atoms with E-state index in [-0.39, 0.29) is 0 Å². The van der Waals surface area contributed by atoms with Crippen LogP contribution in [0.1, 0.15) is 86.5 Å². The highest BCUT2D eigenvalue weighted by molar-refractivity contribution is 4.68. The molecular formula is C16H34. The van der Waals surface area contributed by atoms with Gasteiger partial charge in [-0.05, 0) is 23.7 Å². The molecule has 2 unspecified atom stereocenters. The molecule has 0 saturated heterocycles. The van der Waals surface area contributed by atoms with Crippen molar-refractivity contribution in [1.29, 1.82) is 0 Å². The van der Waals surface area contributed by atoms with E-state index in [4.69, 9.17) is 0 Å². The van der Waals surface area contributed by atoms with Crippen molar-refractivity contribution < 1.29 is 0 Å². The molecule has 0 heteroatoms. The monoisotopic (exact) mass is 226 g/mol. The fourth-order valence-electron chi connectivity index (χ4n) is 2.17. The molecule has 0 nitrogen and oxygen atoms in total. The first kappa shape index (κ1) is 16.0. The Hall–Kier alpha value is 0. The quantitative estimate of drug-likeness (QED) is 0.448. The molecule has 0 spiro atoms. The molecule has 0 fully saturated rings. The van der Waals surface area contributed by atoms with E-state index in [2.05, 4.69) is 41.5 Å². The largest absolute Gasteiger partial charge is 0.0654 e. The topological polar surface area (TPSA) is 0 Å². The first-order valence-corrected chi connectivity index (χ1v) is 7.43. The summed E-state index contributed by atoms with van der Waals surface area (Å²) in [5.74, 6) is 1.84. The molecule has 0 saturated carbocycles. The van der Waals surface area contributed by atoms with Gasteiger partial charge in [0.25, 0.3) is 0 Å². The molecule has 0 bridgehead atoms. The number of hydrogen-bond acceptors (Lipinski definition) is 0. The number of rotatable bonds is 9. The van der Waals surface area contributed by atoms with Gasteiger partial charge in [-0.2, -0.15) is 0 Å². The predicted octanol–water partition coefficient (Wildman–Crippen LogP) is 6.06. The van der Waals surface area contributed by atoms with Gasteiger partial charge < -0.3 is 0 Å². The predicted molar refractivity (Wildman–Crippen MR) is 75.8 cm³/mol. The molecule has 0 aliphatic carbocycles. The van der Waals surface area contributed by atoms with Crippen molar-refractivity contribution in [2.75, 3.05) is 0 Å². The van der Waals surface area contributed by atoms with E-state index in [0.717, 1.165) is 11.8 Å². The lowest BCUT2D eigenvalue weighted by atomic mass is 9.81. The zero-order chi connectivity index (χ0) is 12.6. The van der Waals surface area contributed by atoms with Crippen LogP contribution in [0, 0.1) is 17.3 Å². The molecule has 0 radical (unpaired) electrons. The maximum absolute atomic E-state index is 2.44. The molecule has 0 aliphatic rings. The molecule has 0 heterocycles. The Labute approximate surface area is 104 Å². The van der Waals surface area contributed by atoms with Gasteiger partial charge in [-0.15, -0.1) is 0 Å². The van der Waals surface area contributed by atoms with Crippen LogP contribution >= 0.6 is 0 Å². The Morgan fingerprint density at radius 1 is 0.875 bits per heavy atom. The van der Waals surface area contributed by atoms with Gasteiger partial charge in [-0.3, -0.25) is 0 Å². The Balaban J connectivity index is 3.68. The third-order valence-electron chi connectivity index (χ3n) is 4.45. The molecule has 0 aliphatic heterocycles. The zero-order valence-corrected chi connectivity index (χ0v) is 12.6. The van der Waals surface area contributed by atoms with Gasteiger partial charge in [0.05, 0.1) is 0 Å². The van der Waals surface area contributed by atoms with Gasteiger partial charge in [0.15, 0.2) is 0 Å². The fraction of sp³-hybridized carbons (Fsp3) is 1.00. The second kappa shape index (κ2) is 8.14. The summed E-state index contributed by atoms with van der Waals surface area (Å²) in [6.07, 6.45) is 9.73. The summed E-state index contributed by atoms with van der Waals surface area (Å²) in [5, 5.41) is 0. The summed E-state index contributed by atoms with van der Waals surface area (Å²) in [4.78, 5) is 0. The van der Waals surface area contributed by atoms with Crippen molar-refractivity contribution in [1.82, 2.24) is 0 Å². The minimum atomic E-state index is 0.562. The minimum absolute atomic E-state index is 0.562. The Morgan fingerprint density at radius 2 is 1.38 bits per heavy atom.